The third-order valence-corrected chi connectivity index (χ3v) is 9.46. The van der Waals surface area contributed by atoms with Crippen molar-refractivity contribution in [3.05, 3.63) is 77.9 Å². The first-order valence-corrected chi connectivity index (χ1v) is 18.2. The van der Waals surface area contributed by atoms with Gasteiger partial charge in [0.05, 0.1) is 12.6 Å². The third-order valence-electron chi connectivity index (χ3n) is 9.46. The van der Waals surface area contributed by atoms with Gasteiger partial charge < -0.3 is 43.2 Å². The summed E-state index contributed by atoms with van der Waals surface area (Å²) in [6.45, 7) is 4.25. The molecule has 0 radical (unpaired) electrons. The molecule has 10 N–H and O–H groups in total. The largest absolute Gasteiger partial charge is 0.508 e. The molecule has 4 amide bonds. The summed E-state index contributed by atoms with van der Waals surface area (Å²) in [6.07, 6.45) is 1.82. The van der Waals surface area contributed by atoms with Crippen LogP contribution in [0, 0.1) is 0 Å². The first-order chi connectivity index (χ1) is 25.8. The highest BCUT2D eigenvalue weighted by molar-refractivity contribution is 5.95. The zero-order chi connectivity index (χ0) is 39.3. The van der Waals surface area contributed by atoms with Gasteiger partial charge in [-0.05, 0) is 73.3 Å². The number of rotatable bonds is 14. The number of phenols is 1. The van der Waals surface area contributed by atoms with Crippen LogP contribution in [0.2, 0.25) is 0 Å². The van der Waals surface area contributed by atoms with E-state index in [9.17, 15) is 29.1 Å². The predicted octanol–water partition coefficient (Wildman–Crippen LogP) is 0.574. The van der Waals surface area contributed by atoms with Crippen LogP contribution in [-0.4, -0.2) is 102 Å². The molecule has 0 aromatic heterocycles. The molecule has 290 valence electrons. The molecular weight excluding hydrogens is 690 g/mol. The van der Waals surface area contributed by atoms with Gasteiger partial charge in [0, 0.05) is 25.4 Å². The average Bonchev–Trinajstić information content (AvgIpc) is 3.14. The topological polar surface area (TPSA) is 233 Å². The van der Waals surface area contributed by atoms with Crippen molar-refractivity contribution in [1.29, 1.82) is 0 Å². The SMILES string of the molecule is CC(C)NCCC[C@@H]1C(=O)N[C@@H](CCCN=C(N)N)C(=O)N[C@@H](Cc2ccc3ccccc3c2)C(=O)NCC(=O)N[C@](C=O)(Cc2ccc(O)cc2)N1C. The number of aldehydes is 1. The summed E-state index contributed by atoms with van der Waals surface area (Å²) in [5.41, 5.74) is 10.6. The van der Waals surface area contributed by atoms with E-state index in [-0.39, 0.29) is 50.0 Å². The molecule has 1 fully saturated rings. The average molecular weight is 744 g/mol. The number of benzene rings is 3. The number of likely N-dealkylation sites (N-methyl/N-ethyl adjacent to an activating group) is 1. The Morgan fingerprint density at radius 3 is 2.30 bits per heavy atom. The Labute approximate surface area is 315 Å². The number of nitrogens with zero attached hydrogens (tertiary/aromatic N) is 2. The van der Waals surface area contributed by atoms with E-state index >= 15 is 0 Å². The summed E-state index contributed by atoms with van der Waals surface area (Å²) < 4.78 is 0. The number of hydrogen-bond donors (Lipinski definition) is 8. The molecule has 54 heavy (non-hydrogen) atoms. The molecule has 1 aliphatic rings. The van der Waals surface area contributed by atoms with Crippen molar-refractivity contribution >= 4 is 46.6 Å². The standard InChI is InChI=1S/C39H53N9O6/c1-25(2)42-18-7-11-33-37(54)45-31(10-6-19-43-38(40)41)36(53)46-32(21-27-12-15-28-8-4-5-9-29(28)20-27)35(52)44-23-34(51)47-39(24-49,48(33)3)22-26-13-16-30(50)17-14-26/h4-5,8-9,12-17,20,24-25,31-33,42,50H,6-7,10-11,18-19,21-23H2,1-3H3,(H,44,52)(H,45,54)(H,46,53)(H,47,51)(H4,40,41,43)/t31-,32-,33+,39+/m0/s1. The molecule has 0 bridgehead atoms. The van der Waals surface area contributed by atoms with E-state index in [4.69, 9.17) is 11.5 Å². The fourth-order valence-corrected chi connectivity index (χ4v) is 6.50. The van der Waals surface area contributed by atoms with Crippen LogP contribution < -0.4 is 38.1 Å². The van der Waals surface area contributed by atoms with Gasteiger partial charge >= 0.3 is 0 Å². The highest BCUT2D eigenvalue weighted by atomic mass is 16.3. The van der Waals surface area contributed by atoms with E-state index in [1.807, 2.05) is 56.3 Å². The van der Waals surface area contributed by atoms with E-state index < -0.39 is 54.0 Å². The Balaban J connectivity index is 1.74. The summed E-state index contributed by atoms with van der Waals surface area (Å²) >= 11 is 0. The molecular formula is C39H53N9O6. The summed E-state index contributed by atoms with van der Waals surface area (Å²) in [7, 11) is 1.56. The molecule has 0 spiro atoms. The normalized spacial score (nSPS) is 21.7. The Bertz CT molecular complexity index is 1800. The number of nitrogens with two attached hydrogens (primary N) is 2. The molecule has 15 nitrogen and oxygen atoms in total. The van der Waals surface area contributed by atoms with Gasteiger partial charge in [-0.3, -0.25) is 33.9 Å². The maximum atomic E-state index is 14.4. The molecule has 3 aromatic carbocycles. The summed E-state index contributed by atoms with van der Waals surface area (Å²) in [5.74, 6) is -2.57. The van der Waals surface area contributed by atoms with Crippen LogP contribution in [-0.2, 0) is 36.8 Å². The maximum Gasteiger partial charge on any atom is 0.243 e. The molecule has 0 aliphatic carbocycles. The Morgan fingerprint density at radius 1 is 0.926 bits per heavy atom. The van der Waals surface area contributed by atoms with Crippen LogP contribution in [0.3, 0.4) is 0 Å². The maximum absolute atomic E-state index is 14.4. The van der Waals surface area contributed by atoms with E-state index in [0.29, 0.717) is 31.2 Å². The van der Waals surface area contributed by atoms with Gasteiger partial charge in [0.2, 0.25) is 23.6 Å². The summed E-state index contributed by atoms with van der Waals surface area (Å²) in [5, 5.41) is 26.4. The minimum atomic E-state index is -1.77. The smallest absolute Gasteiger partial charge is 0.243 e. The van der Waals surface area contributed by atoms with E-state index in [0.717, 1.165) is 16.3 Å². The van der Waals surface area contributed by atoms with Crippen LogP contribution >= 0.6 is 0 Å². The van der Waals surface area contributed by atoms with Gasteiger partial charge in [-0.25, -0.2) is 0 Å². The molecule has 1 saturated heterocycles. The van der Waals surface area contributed by atoms with Crippen molar-refractivity contribution < 1.29 is 29.1 Å². The number of hydrogen-bond acceptors (Lipinski definition) is 9. The lowest BCUT2D eigenvalue weighted by Crippen LogP contribution is -2.68. The predicted molar refractivity (Wildman–Crippen MR) is 207 cm³/mol. The molecule has 4 rings (SSSR count). The van der Waals surface area contributed by atoms with Crippen molar-refractivity contribution in [3.8, 4) is 5.75 Å². The lowest BCUT2D eigenvalue weighted by molar-refractivity contribution is -0.141. The van der Waals surface area contributed by atoms with Crippen LogP contribution in [0.15, 0.2) is 71.7 Å². The van der Waals surface area contributed by atoms with Crippen LogP contribution in [0.25, 0.3) is 10.8 Å². The Kier molecular flexibility index (Phi) is 14.9. The number of aromatic hydroxyl groups is 1. The summed E-state index contributed by atoms with van der Waals surface area (Å²) in [4.78, 5) is 74.6. The highest BCUT2D eigenvalue weighted by Gasteiger charge is 2.43. The minimum absolute atomic E-state index is 0.0160. The molecule has 3 aromatic rings. The lowest BCUT2D eigenvalue weighted by atomic mass is 9.95. The molecule has 4 atom stereocenters. The second-order valence-electron chi connectivity index (χ2n) is 14.0. The molecule has 15 heteroatoms. The number of nitrogens with one attached hydrogen (secondary N) is 5. The van der Waals surface area contributed by atoms with Gasteiger partial charge in [-0.15, -0.1) is 0 Å². The number of aliphatic imine (C=N–C) groups is 1. The fraction of sp³-hybridized carbons (Fsp3) is 0.436. The summed E-state index contributed by atoms with van der Waals surface area (Å²) in [6, 6.07) is 16.6. The minimum Gasteiger partial charge on any atom is -0.508 e. The van der Waals surface area contributed by atoms with Crippen molar-refractivity contribution in [2.75, 3.05) is 26.7 Å². The van der Waals surface area contributed by atoms with Crippen molar-refractivity contribution in [3.63, 3.8) is 0 Å². The van der Waals surface area contributed by atoms with Crippen molar-refractivity contribution in [2.24, 2.45) is 16.5 Å². The zero-order valence-corrected chi connectivity index (χ0v) is 31.1. The first kappa shape index (κ1) is 41.2. The van der Waals surface area contributed by atoms with Crippen molar-refractivity contribution in [2.45, 2.75) is 82.2 Å². The zero-order valence-electron chi connectivity index (χ0n) is 31.1. The van der Waals surface area contributed by atoms with Crippen LogP contribution in [0.1, 0.15) is 50.7 Å². The van der Waals surface area contributed by atoms with Crippen molar-refractivity contribution in [1.82, 2.24) is 31.5 Å². The second-order valence-corrected chi connectivity index (χ2v) is 14.0. The number of carbonyl (C=O) groups is 5. The Morgan fingerprint density at radius 2 is 1.61 bits per heavy atom. The lowest BCUT2D eigenvalue weighted by Gasteiger charge is -2.42. The second kappa shape index (κ2) is 19.5. The highest BCUT2D eigenvalue weighted by Crippen LogP contribution is 2.23. The van der Waals surface area contributed by atoms with Gasteiger partial charge in [-0.2, -0.15) is 0 Å². The monoisotopic (exact) mass is 743 g/mol. The van der Waals surface area contributed by atoms with E-state index in [1.54, 1.807) is 19.2 Å². The first-order valence-electron chi connectivity index (χ1n) is 18.2. The number of fused-ring (bicyclic) bond motifs is 1. The van der Waals surface area contributed by atoms with Crippen LogP contribution in [0.4, 0.5) is 0 Å². The number of phenolic OH excluding ortho intramolecular Hbond substituents is 1. The van der Waals surface area contributed by atoms with E-state index in [1.165, 1.54) is 17.0 Å². The van der Waals surface area contributed by atoms with Crippen LogP contribution in [0.5, 0.6) is 5.75 Å². The number of carbonyl (C=O) groups excluding carboxylic acids is 5. The van der Waals surface area contributed by atoms with Gasteiger partial charge in [-0.1, -0.05) is 68.4 Å². The third kappa shape index (κ3) is 11.7. The van der Waals surface area contributed by atoms with Gasteiger partial charge in [0.15, 0.2) is 17.9 Å². The van der Waals surface area contributed by atoms with Gasteiger partial charge in [0.1, 0.15) is 17.8 Å². The molecule has 0 saturated carbocycles. The number of amides is 4. The quantitative estimate of drug-likeness (QED) is 0.0495. The van der Waals surface area contributed by atoms with Gasteiger partial charge in [0.25, 0.3) is 0 Å². The molecule has 1 aliphatic heterocycles. The molecule has 0 unspecified atom stereocenters. The fourth-order valence-electron chi connectivity index (χ4n) is 6.50. The Hall–Kier alpha value is -5.54. The van der Waals surface area contributed by atoms with E-state index in [2.05, 4.69) is 31.6 Å². The molecule has 1 heterocycles. The number of guanidine groups is 1.